The zero-order valence-electron chi connectivity index (χ0n) is 33.4. The molecule has 0 aliphatic carbocycles. The smallest absolute Gasteiger partial charge is 0.660 e. The maximum atomic E-state index is 12.3. The first-order valence-corrected chi connectivity index (χ1v) is 25.2. The Morgan fingerprint density at radius 1 is 0.431 bits per heavy atom. The number of fused-ring (bicyclic) bond motifs is 7. The van der Waals surface area contributed by atoms with Crippen LogP contribution in [0.4, 0.5) is 0 Å². The number of sulfonamides is 4. The van der Waals surface area contributed by atoms with Gasteiger partial charge in [0.05, 0.1) is 31.0 Å². The van der Waals surface area contributed by atoms with Crippen molar-refractivity contribution in [3.05, 3.63) is 207 Å². The number of nitrogens with one attached hydrogen (secondary N) is 1. The van der Waals surface area contributed by atoms with Crippen LogP contribution in [-0.2, 0) is 57.2 Å². The number of rotatable bonds is 8. The Kier molecular flexibility index (Phi) is 11.6. The fraction of sp³-hybridized carbons (Fsp3) is 0.0227. The van der Waals surface area contributed by atoms with Crippen molar-refractivity contribution in [2.45, 2.75) is 25.5 Å². The number of hydrogen-bond acceptors (Lipinski definition) is 9. The van der Waals surface area contributed by atoms with E-state index in [4.69, 9.17) is 35.5 Å². The molecule has 0 spiro atoms. The third-order valence-electron chi connectivity index (χ3n) is 10.8. The summed E-state index contributed by atoms with van der Waals surface area (Å²) in [5, 5.41) is 22.9. The van der Waals surface area contributed by atoms with Gasteiger partial charge in [-0.05, 0) is 112 Å². The van der Waals surface area contributed by atoms with Crippen LogP contribution in [-0.4, -0.2) is 44.4 Å². The first kappa shape index (κ1) is 45.3. The summed E-state index contributed by atoms with van der Waals surface area (Å²) in [5.74, 6) is -0.676. The van der Waals surface area contributed by atoms with Crippen LogP contribution in [0.3, 0.4) is 0 Å². The van der Waals surface area contributed by atoms with E-state index >= 15 is 0 Å². The van der Waals surface area contributed by atoms with Crippen LogP contribution in [0.25, 0.3) is 16.7 Å². The van der Waals surface area contributed by atoms with Crippen molar-refractivity contribution in [1.82, 2.24) is 15.0 Å². The SMILES string of the molecule is NS(=O)(=O)c1ccc(C2=C3C=CC(=N3)C(c3ccc(S(N)(=O)=O)cc3)=c3ccc([nH]3)=C(c3ccc(S(N)(=O)=O)cc3)c3ccc([n-]3)C(c3ccc(S(N)(=O)=O)cc3)c3ccc2[n-]3)cc1.[Mn+2]. The molecule has 3 aromatic heterocycles. The number of H-pyrrole nitrogens is 1. The van der Waals surface area contributed by atoms with Gasteiger partial charge >= 0.3 is 17.1 Å². The van der Waals surface area contributed by atoms with Gasteiger partial charge in [0.2, 0.25) is 40.1 Å². The van der Waals surface area contributed by atoms with Gasteiger partial charge in [0.1, 0.15) is 0 Å². The molecule has 1 radical (unpaired) electrons. The van der Waals surface area contributed by atoms with Gasteiger partial charge in [-0.25, -0.2) is 59.2 Å². The van der Waals surface area contributed by atoms with Crippen molar-refractivity contribution >= 4 is 62.5 Å². The van der Waals surface area contributed by atoms with Crippen LogP contribution in [0.5, 0.6) is 0 Å². The number of primary sulfonamides is 4. The minimum Gasteiger partial charge on any atom is -0.660 e. The Bertz CT molecular complexity index is 3750. The summed E-state index contributed by atoms with van der Waals surface area (Å²) >= 11 is 0. The zero-order valence-corrected chi connectivity index (χ0v) is 37.8. The van der Waals surface area contributed by atoms with Gasteiger partial charge < -0.3 is 15.0 Å². The van der Waals surface area contributed by atoms with E-state index in [0.717, 1.165) is 0 Å². The fourth-order valence-electron chi connectivity index (χ4n) is 7.77. The van der Waals surface area contributed by atoms with E-state index in [1.165, 1.54) is 48.5 Å². The molecular weight excluding hydrogens is 952 g/mol. The predicted octanol–water partition coefficient (Wildman–Crippen LogP) is 1.93. The number of aliphatic imine (C=N–C) groups is 1. The summed E-state index contributed by atoms with van der Waals surface area (Å²) in [6.45, 7) is 0. The molecule has 8 bridgehead atoms. The Hall–Kier alpha value is -6.23. The third kappa shape index (κ3) is 8.94. The molecule has 9 N–H and O–H groups in total. The van der Waals surface area contributed by atoms with Crippen LogP contribution in [0.1, 0.15) is 50.9 Å². The largest absolute Gasteiger partial charge is 2.00 e. The maximum absolute atomic E-state index is 12.3. The predicted molar refractivity (Wildman–Crippen MR) is 238 cm³/mol. The van der Waals surface area contributed by atoms with E-state index in [2.05, 4.69) is 4.98 Å². The number of nitrogens with two attached hydrogens (primary N) is 4. The van der Waals surface area contributed by atoms with Crippen LogP contribution < -0.4 is 41.2 Å². The summed E-state index contributed by atoms with van der Waals surface area (Å²) in [7, 11) is -16.1. The molecule has 0 saturated heterocycles. The molecule has 7 aromatic rings. The number of nitrogens with zero attached hydrogens (tertiary/aromatic N) is 3. The number of aromatic nitrogens is 3. The summed E-state index contributed by atoms with van der Waals surface area (Å²) < 4.78 is 98.1. The van der Waals surface area contributed by atoms with Crippen molar-refractivity contribution in [3.8, 4) is 0 Å². The van der Waals surface area contributed by atoms with Crippen molar-refractivity contribution < 1.29 is 50.7 Å². The summed E-state index contributed by atoms with van der Waals surface area (Å²) in [4.78, 5) is 18.5. The minimum absolute atomic E-state index is 0. The van der Waals surface area contributed by atoms with E-state index < -0.39 is 46.0 Å². The number of hydrogen-bond donors (Lipinski definition) is 5. The Morgan fingerprint density at radius 3 is 1.23 bits per heavy atom. The van der Waals surface area contributed by atoms with Gasteiger partial charge in [-0.1, -0.05) is 72.8 Å². The van der Waals surface area contributed by atoms with Gasteiger partial charge in [0.15, 0.2) is 0 Å². The number of aromatic amines is 1. The molecule has 21 heteroatoms. The van der Waals surface area contributed by atoms with Gasteiger partial charge in [-0.2, -0.15) is 0 Å². The average molecular weight is 986 g/mol. The van der Waals surface area contributed by atoms with E-state index in [-0.39, 0.29) is 36.7 Å². The van der Waals surface area contributed by atoms with E-state index in [0.29, 0.717) is 83.9 Å². The standard InChI is InChI=1S/C44H34N8O8S4.Mn/c45-61(53,54)29-9-1-25(2-10-29)41-33-17-19-35(49-33)42(26-3-11-30(12-4-26)62(46,55)56)37-21-23-39(51-37)44(28-7-15-32(16-8-28)64(48,59)60)40-24-22-38(52-40)43(36-20-18-34(41)50-36)27-5-13-31(14-6-27)63(47,57)58;/h1-24,41,51H,(H2,45,53,54)(H2,46,55,56)(H2,47,57,58)(H2,48,59,60);/q-2;+2. The zero-order chi connectivity index (χ0) is 45.3. The Morgan fingerprint density at radius 2 is 0.800 bits per heavy atom. The van der Waals surface area contributed by atoms with Crippen molar-refractivity contribution in [2.75, 3.05) is 0 Å². The van der Waals surface area contributed by atoms with E-state index in [1.54, 1.807) is 78.9 Å². The molecule has 16 nitrogen and oxygen atoms in total. The normalized spacial score (nSPS) is 15.5. The molecule has 9 rings (SSSR count). The number of allylic oxidation sites excluding steroid dienone is 2. The first-order valence-electron chi connectivity index (χ1n) is 19.0. The minimum atomic E-state index is -4.03. The van der Waals surface area contributed by atoms with Crippen LogP contribution in [0.2, 0.25) is 0 Å². The van der Waals surface area contributed by atoms with Gasteiger partial charge in [0.25, 0.3) is 0 Å². The Labute approximate surface area is 383 Å². The molecule has 0 amide bonds. The second kappa shape index (κ2) is 16.6. The Balaban J connectivity index is 0.00000576. The molecule has 65 heavy (non-hydrogen) atoms. The molecular formula is C44H34MnN8O8S4. The van der Waals surface area contributed by atoms with Crippen molar-refractivity contribution in [2.24, 2.45) is 25.5 Å². The molecule has 4 aromatic carbocycles. The van der Waals surface area contributed by atoms with Gasteiger partial charge in [0, 0.05) is 16.3 Å². The molecule has 329 valence electrons. The van der Waals surface area contributed by atoms with Crippen LogP contribution in [0, 0.1) is 0 Å². The van der Waals surface area contributed by atoms with Gasteiger partial charge in [-0.3, -0.25) is 0 Å². The molecule has 0 fully saturated rings. The monoisotopic (exact) mass is 985 g/mol. The molecule has 1 unspecified atom stereocenters. The fourth-order valence-corrected chi connectivity index (χ4v) is 9.83. The maximum Gasteiger partial charge on any atom is 2.00 e. The van der Waals surface area contributed by atoms with Crippen molar-refractivity contribution in [3.63, 3.8) is 0 Å². The van der Waals surface area contributed by atoms with Crippen molar-refractivity contribution in [1.29, 1.82) is 0 Å². The average Bonchev–Trinajstić information content (AvgIpc) is 4.08. The molecule has 5 heterocycles. The first-order chi connectivity index (χ1) is 30.2. The summed E-state index contributed by atoms with van der Waals surface area (Å²) in [6, 6.07) is 34.9. The van der Waals surface area contributed by atoms with Crippen LogP contribution in [0.15, 0.2) is 176 Å². The number of benzene rings is 4. The van der Waals surface area contributed by atoms with E-state index in [9.17, 15) is 33.7 Å². The van der Waals surface area contributed by atoms with E-state index in [1.807, 2.05) is 18.2 Å². The third-order valence-corrected chi connectivity index (χ3v) is 14.5. The van der Waals surface area contributed by atoms with Crippen LogP contribution >= 0.6 is 0 Å². The topological polar surface area (TPSA) is 297 Å². The summed E-state index contributed by atoms with van der Waals surface area (Å²) in [6.07, 6.45) is 3.57. The molecule has 2 aliphatic rings. The second-order valence-corrected chi connectivity index (χ2v) is 21.1. The molecule has 2 aliphatic heterocycles. The summed E-state index contributed by atoms with van der Waals surface area (Å²) in [5.41, 5.74) is 6.89. The quantitative estimate of drug-likeness (QED) is 0.138. The molecule has 1 atom stereocenters. The molecule has 0 saturated carbocycles. The van der Waals surface area contributed by atoms with Gasteiger partial charge in [-0.15, -0.1) is 22.8 Å². The second-order valence-electron chi connectivity index (χ2n) is 14.9.